The van der Waals surface area contributed by atoms with Crippen molar-refractivity contribution in [3.05, 3.63) is 54.1 Å². The van der Waals surface area contributed by atoms with Gasteiger partial charge in [0, 0.05) is 23.5 Å². The third-order valence-corrected chi connectivity index (χ3v) is 7.28. The van der Waals surface area contributed by atoms with Crippen molar-refractivity contribution in [3.8, 4) is 0 Å². The Morgan fingerprint density at radius 2 is 1.14 bits per heavy atom. The van der Waals surface area contributed by atoms with Gasteiger partial charge in [-0.2, -0.15) is 8.42 Å². The summed E-state index contributed by atoms with van der Waals surface area (Å²) < 4.78 is 31.2. The van der Waals surface area contributed by atoms with Gasteiger partial charge in [0.15, 0.2) is 0 Å². The molecule has 2 aromatic carbocycles. The van der Waals surface area contributed by atoms with E-state index in [2.05, 4.69) is 17.6 Å². The second-order valence-electron chi connectivity index (χ2n) is 9.55. The van der Waals surface area contributed by atoms with Crippen LogP contribution < -0.4 is 40.2 Å². The van der Waals surface area contributed by atoms with E-state index in [1.807, 2.05) is 12.1 Å². The molecule has 1 amide bonds. The van der Waals surface area contributed by atoms with Crippen LogP contribution in [0.1, 0.15) is 109 Å². The first-order valence-corrected chi connectivity index (χ1v) is 15.1. The normalized spacial score (nSPS) is 11.1. The Bertz CT molecular complexity index is 987. The van der Waals surface area contributed by atoms with Gasteiger partial charge in [0.2, 0.25) is 0 Å². The molecule has 0 aliphatic carbocycles. The molecule has 0 heterocycles. The van der Waals surface area contributed by atoms with Gasteiger partial charge in [-0.15, -0.1) is 0 Å². The number of carbonyl (C=O) groups is 1. The Morgan fingerprint density at radius 3 is 1.59 bits per heavy atom. The van der Waals surface area contributed by atoms with E-state index in [0.29, 0.717) is 11.3 Å². The second-order valence-corrected chi connectivity index (χ2v) is 11.0. The fourth-order valence-corrected chi connectivity index (χ4v) is 4.69. The summed E-state index contributed by atoms with van der Waals surface area (Å²) in [5.74, 6) is -0.284. The number of hydrogen-bond acceptors (Lipinski definition) is 4. The van der Waals surface area contributed by atoms with E-state index in [1.165, 1.54) is 108 Å². The van der Waals surface area contributed by atoms with Crippen LogP contribution in [0, 0.1) is 0 Å². The smallest absolute Gasteiger partial charge is 1.00 e. The number of anilines is 2. The van der Waals surface area contributed by atoms with Gasteiger partial charge >= 0.3 is 29.6 Å². The Labute approximate surface area is 247 Å². The summed E-state index contributed by atoms with van der Waals surface area (Å²) in [7, 11) is -4.25. The molecule has 0 aliphatic heterocycles. The minimum Gasteiger partial charge on any atom is -1.00 e. The summed E-state index contributed by atoms with van der Waals surface area (Å²) in [4.78, 5) is 12.2. The minimum absolute atomic E-state index is 0. The summed E-state index contributed by atoms with van der Waals surface area (Å²) in [5.41, 5.74) is 1.95. The molecule has 0 aliphatic rings. The van der Waals surface area contributed by atoms with Gasteiger partial charge < -0.3 is 12.1 Å². The van der Waals surface area contributed by atoms with Gasteiger partial charge in [-0.1, -0.05) is 90.4 Å². The van der Waals surface area contributed by atoms with Gasteiger partial charge in [-0.3, -0.25) is 9.35 Å². The van der Waals surface area contributed by atoms with E-state index in [4.69, 9.17) is 4.55 Å². The maximum Gasteiger partial charge on any atom is 1.00 e. The van der Waals surface area contributed by atoms with Crippen LogP contribution >= 0.6 is 0 Å². The molecule has 3 N–H and O–H groups in total. The summed E-state index contributed by atoms with van der Waals surface area (Å²) in [6, 6.07) is 12.7. The summed E-state index contributed by atoms with van der Waals surface area (Å²) in [6.45, 7) is 3.19. The second kappa shape index (κ2) is 19.7. The molecule has 0 fully saturated rings. The van der Waals surface area contributed by atoms with E-state index in [9.17, 15) is 13.2 Å². The summed E-state index contributed by atoms with van der Waals surface area (Å²) in [5, 5.41) is 6.13. The molecular formula is C29H45N2NaO4S. The third kappa shape index (κ3) is 15.0. The molecule has 0 bridgehead atoms. The molecule has 0 saturated heterocycles. The van der Waals surface area contributed by atoms with Crippen molar-refractivity contribution in [2.45, 2.75) is 102 Å². The van der Waals surface area contributed by atoms with Crippen molar-refractivity contribution in [2.75, 3.05) is 17.2 Å². The Morgan fingerprint density at radius 1 is 0.703 bits per heavy atom. The fourth-order valence-electron chi connectivity index (χ4n) is 4.21. The monoisotopic (exact) mass is 540 g/mol. The number of hydrogen-bond donors (Lipinski definition) is 3. The molecule has 0 unspecified atom stereocenters. The van der Waals surface area contributed by atoms with E-state index >= 15 is 0 Å². The molecule has 0 aromatic heterocycles. The van der Waals surface area contributed by atoms with E-state index in [1.54, 1.807) is 12.1 Å². The van der Waals surface area contributed by atoms with Crippen LogP contribution in [0.5, 0.6) is 0 Å². The molecule has 0 saturated carbocycles. The molecule has 2 rings (SSSR count). The first-order chi connectivity index (χ1) is 17.4. The zero-order valence-electron chi connectivity index (χ0n) is 23.8. The molecule has 37 heavy (non-hydrogen) atoms. The van der Waals surface area contributed by atoms with Crippen LogP contribution in [0.25, 0.3) is 0 Å². The summed E-state index contributed by atoms with van der Waals surface area (Å²) in [6.07, 6.45) is 18.9. The van der Waals surface area contributed by atoms with Crippen LogP contribution in [0.15, 0.2) is 53.4 Å². The quantitative estimate of drug-likeness (QED) is 0.129. The molecule has 6 nitrogen and oxygen atoms in total. The number of benzene rings is 2. The minimum atomic E-state index is -4.25. The fraction of sp³-hybridized carbons (Fsp3) is 0.552. The predicted octanol–water partition coefficient (Wildman–Crippen LogP) is 5.20. The van der Waals surface area contributed by atoms with E-state index in [-0.39, 0.29) is 41.8 Å². The van der Waals surface area contributed by atoms with E-state index < -0.39 is 10.1 Å². The van der Waals surface area contributed by atoms with E-state index in [0.717, 1.165) is 18.7 Å². The topological polar surface area (TPSA) is 95.5 Å². The van der Waals surface area contributed by atoms with Crippen LogP contribution in [-0.2, 0) is 10.1 Å². The van der Waals surface area contributed by atoms with Gasteiger partial charge in [0.05, 0.1) is 4.90 Å². The van der Waals surface area contributed by atoms with Crippen molar-refractivity contribution < 1.29 is 48.7 Å². The third-order valence-electron chi connectivity index (χ3n) is 6.42. The number of unbranched alkanes of at least 4 members (excludes halogenated alkanes) is 13. The average Bonchev–Trinajstić information content (AvgIpc) is 2.86. The van der Waals surface area contributed by atoms with Crippen LogP contribution in [-0.4, -0.2) is 25.4 Å². The van der Waals surface area contributed by atoms with Crippen LogP contribution in [0.3, 0.4) is 0 Å². The van der Waals surface area contributed by atoms with Crippen molar-refractivity contribution in [3.63, 3.8) is 0 Å². The summed E-state index contributed by atoms with van der Waals surface area (Å²) >= 11 is 0. The Hall–Kier alpha value is -1.38. The van der Waals surface area contributed by atoms with Crippen molar-refractivity contribution in [2.24, 2.45) is 0 Å². The molecular weight excluding hydrogens is 495 g/mol. The Kier molecular flexibility index (Phi) is 17.9. The van der Waals surface area contributed by atoms with Crippen molar-refractivity contribution >= 4 is 27.4 Å². The van der Waals surface area contributed by atoms with Crippen LogP contribution in [0.4, 0.5) is 11.4 Å². The van der Waals surface area contributed by atoms with Crippen molar-refractivity contribution in [1.29, 1.82) is 0 Å². The molecule has 0 spiro atoms. The Balaban J connectivity index is 0.00000684. The maximum atomic E-state index is 12.4. The largest absolute Gasteiger partial charge is 1.00 e. The standard InChI is InChI=1S/C29H44N2O4S.Na.H/c1-2-3-4-5-6-7-8-9-10-11-12-13-14-15-24-30-26-18-16-25(17-19-26)29(32)31-27-20-22-28(23-21-27)36(33,34)35;;/h16-23,30H,2-15,24H2,1H3,(H,31,32)(H,33,34,35);;/q;+1;-1. The average molecular weight is 541 g/mol. The van der Waals surface area contributed by atoms with Gasteiger partial charge in [0.25, 0.3) is 16.0 Å². The molecule has 0 radical (unpaired) electrons. The van der Waals surface area contributed by atoms with Crippen molar-refractivity contribution in [1.82, 2.24) is 0 Å². The first-order valence-electron chi connectivity index (χ1n) is 13.6. The number of amides is 1. The van der Waals surface area contributed by atoms with Crippen LogP contribution in [0.2, 0.25) is 0 Å². The number of rotatable bonds is 19. The SMILES string of the molecule is CCCCCCCCCCCCCCCCNc1ccc(C(=O)Nc2ccc(S(=O)(=O)O)cc2)cc1.[H-].[Na+]. The molecule has 0 atom stereocenters. The van der Waals surface area contributed by atoms with Gasteiger partial charge in [0.1, 0.15) is 0 Å². The molecule has 2 aromatic rings. The predicted molar refractivity (Wildman–Crippen MR) is 151 cm³/mol. The first kappa shape index (κ1) is 33.6. The zero-order valence-corrected chi connectivity index (χ0v) is 25.6. The van der Waals surface area contributed by atoms with Gasteiger partial charge in [-0.05, 0) is 55.0 Å². The number of carbonyl (C=O) groups excluding carboxylic acids is 1. The van der Waals surface area contributed by atoms with Gasteiger partial charge in [-0.25, -0.2) is 0 Å². The number of nitrogens with one attached hydrogen (secondary N) is 2. The molecule has 8 heteroatoms. The molecule has 202 valence electrons. The zero-order chi connectivity index (χ0) is 26.1. The maximum absolute atomic E-state index is 12.4.